The van der Waals surface area contributed by atoms with Gasteiger partial charge in [0.25, 0.3) is 5.91 Å². The van der Waals surface area contributed by atoms with Gasteiger partial charge in [0.15, 0.2) is 11.5 Å². The number of pyridine rings is 1. The van der Waals surface area contributed by atoms with Crippen LogP contribution in [0.1, 0.15) is 18.2 Å². The van der Waals surface area contributed by atoms with E-state index in [2.05, 4.69) is 15.3 Å². The lowest BCUT2D eigenvalue weighted by molar-refractivity contribution is -0.124. The maximum absolute atomic E-state index is 13.4. The molecule has 0 saturated heterocycles. The molecule has 0 radical (unpaired) electrons. The number of ether oxygens (including phenoxy) is 2. The molecule has 0 aliphatic carbocycles. The van der Waals surface area contributed by atoms with Gasteiger partial charge in [-0.25, -0.2) is 4.98 Å². The molecule has 0 bridgehead atoms. The Morgan fingerprint density at radius 1 is 1.06 bits per heavy atom. The summed E-state index contributed by atoms with van der Waals surface area (Å²) < 4.78 is 12.5. The van der Waals surface area contributed by atoms with Gasteiger partial charge in [0.1, 0.15) is 6.04 Å². The minimum Gasteiger partial charge on any atom is -0.454 e. The molecular weight excluding hydrogens is 422 g/mol. The van der Waals surface area contributed by atoms with E-state index in [0.717, 1.165) is 16.7 Å². The van der Waals surface area contributed by atoms with E-state index in [4.69, 9.17) is 9.47 Å². The fourth-order valence-electron chi connectivity index (χ4n) is 4.26. The molecule has 0 saturated carbocycles. The summed E-state index contributed by atoms with van der Waals surface area (Å²) in [5.41, 5.74) is 2.91. The molecule has 1 N–H and O–H groups in total. The third kappa shape index (κ3) is 3.34. The van der Waals surface area contributed by atoms with E-state index >= 15 is 0 Å². The molecule has 2 aliphatic rings. The first-order chi connectivity index (χ1) is 16.2. The van der Waals surface area contributed by atoms with Crippen molar-refractivity contribution in [3.63, 3.8) is 0 Å². The van der Waals surface area contributed by atoms with E-state index in [1.165, 1.54) is 0 Å². The highest BCUT2D eigenvalue weighted by Gasteiger charge is 2.41. The number of aromatic nitrogens is 3. The molecule has 2 amide bonds. The van der Waals surface area contributed by atoms with Crippen LogP contribution in [0.4, 0.5) is 11.6 Å². The van der Waals surface area contributed by atoms with Crippen LogP contribution in [0.3, 0.4) is 0 Å². The lowest BCUT2D eigenvalue weighted by Gasteiger charge is -2.15. The molecule has 164 valence electrons. The number of anilines is 2. The summed E-state index contributed by atoms with van der Waals surface area (Å²) in [4.78, 5) is 37.0. The number of benzene rings is 2. The van der Waals surface area contributed by atoms with Crippen LogP contribution in [0.25, 0.3) is 11.0 Å². The molecule has 4 aromatic rings. The van der Waals surface area contributed by atoms with Gasteiger partial charge >= 0.3 is 0 Å². The van der Waals surface area contributed by atoms with Crippen molar-refractivity contribution in [3.05, 3.63) is 72.6 Å². The predicted molar refractivity (Wildman–Crippen MR) is 120 cm³/mol. The Morgan fingerprint density at radius 3 is 2.79 bits per heavy atom. The lowest BCUT2D eigenvalue weighted by atomic mass is 10.1. The van der Waals surface area contributed by atoms with Crippen molar-refractivity contribution >= 4 is 34.5 Å². The lowest BCUT2D eigenvalue weighted by Crippen LogP contribution is -2.31. The van der Waals surface area contributed by atoms with E-state index in [1.807, 2.05) is 47.0 Å². The number of amides is 2. The topological polar surface area (TPSA) is 98.6 Å². The number of nitrogens with one attached hydrogen (secondary N) is 1. The van der Waals surface area contributed by atoms with E-state index in [-0.39, 0.29) is 31.6 Å². The van der Waals surface area contributed by atoms with Crippen LogP contribution in [0.15, 0.2) is 66.9 Å². The van der Waals surface area contributed by atoms with E-state index < -0.39 is 6.04 Å². The van der Waals surface area contributed by atoms with Crippen LogP contribution >= 0.6 is 0 Å². The summed E-state index contributed by atoms with van der Waals surface area (Å²) in [5.74, 6) is 1.27. The first kappa shape index (κ1) is 19.3. The van der Waals surface area contributed by atoms with Gasteiger partial charge in [0.2, 0.25) is 18.6 Å². The largest absolute Gasteiger partial charge is 0.454 e. The van der Waals surface area contributed by atoms with Crippen molar-refractivity contribution in [2.45, 2.75) is 19.0 Å². The van der Waals surface area contributed by atoms with Gasteiger partial charge < -0.3 is 14.8 Å². The summed E-state index contributed by atoms with van der Waals surface area (Å²) in [6.45, 7) is 0.440. The number of nitrogens with zero attached hydrogens (tertiary/aromatic N) is 4. The van der Waals surface area contributed by atoms with Crippen molar-refractivity contribution in [1.29, 1.82) is 0 Å². The van der Waals surface area contributed by atoms with Gasteiger partial charge in [-0.1, -0.05) is 18.2 Å². The van der Waals surface area contributed by atoms with Crippen molar-refractivity contribution in [3.8, 4) is 11.5 Å². The van der Waals surface area contributed by atoms with Crippen LogP contribution in [0.2, 0.25) is 0 Å². The highest BCUT2D eigenvalue weighted by Crippen LogP contribution is 2.38. The highest BCUT2D eigenvalue weighted by molar-refractivity contribution is 6.05. The number of rotatable bonds is 5. The quantitative estimate of drug-likeness (QED) is 0.510. The molecule has 9 heteroatoms. The molecule has 2 aliphatic heterocycles. The second-order valence-electron chi connectivity index (χ2n) is 7.85. The van der Waals surface area contributed by atoms with E-state index in [0.29, 0.717) is 23.1 Å². The van der Waals surface area contributed by atoms with Gasteiger partial charge in [-0.3, -0.25) is 24.0 Å². The molecule has 33 heavy (non-hydrogen) atoms. The molecule has 4 heterocycles. The summed E-state index contributed by atoms with van der Waals surface area (Å²) in [7, 11) is 0. The zero-order valence-electron chi connectivity index (χ0n) is 17.5. The number of carbonyl (C=O) groups is 2. The van der Waals surface area contributed by atoms with Crippen LogP contribution in [-0.2, 0) is 16.1 Å². The Balaban J connectivity index is 1.30. The van der Waals surface area contributed by atoms with Crippen LogP contribution in [0, 0.1) is 0 Å². The zero-order chi connectivity index (χ0) is 22.4. The summed E-state index contributed by atoms with van der Waals surface area (Å²) >= 11 is 0. The zero-order valence-corrected chi connectivity index (χ0v) is 17.5. The maximum atomic E-state index is 13.4. The number of para-hydroxylation sites is 2. The second kappa shape index (κ2) is 7.63. The Morgan fingerprint density at radius 2 is 1.91 bits per heavy atom. The average Bonchev–Trinajstić information content (AvgIpc) is 3.51. The Labute approximate surface area is 188 Å². The molecule has 0 unspecified atom stereocenters. The van der Waals surface area contributed by atoms with Crippen LogP contribution < -0.4 is 19.7 Å². The van der Waals surface area contributed by atoms with E-state index in [9.17, 15) is 9.59 Å². The van der Waals surface area contributed by atoms with Crippen molar-refractivity contribution in [1.82, 2.24) is 14.5 Å². The average molecular weight is 441 g/mol. The molecule has 0 fully saturated rings. The third-order valence-electron chi connectivity index (χ3n) is 5.76. The number of carbonyl (C=O) groups excluding carboxylic acids is 2. The Kier molecular flexibility index (Phi) is 4.46. The SMILES string of the molecule is O=C(C[C@H]1C(=O)N(Cc2ccccn2)c2nc3ccccc3n21)Nc1ccc2c(c1)OCO2. The fraction of sp³-hybridized carbons (Fsp3) is 0.167. The Hall–Kier alpha value is -4.40. The fourth-order valence-corrected chi connectivity index (χ4v) is 4.26. The van der Waals surface area contributed by atoms with Gasteiger partial charge in [-0.15, -0.1) is 0 Å². The molecule has 2 aromatic carbocycles. The monoisotopic (exact) mass is 441 g/mol. The summed E-state index contributed by atoms with van der Waals surface area (Å²) in [6.07, 6.45) is 1.66. The van der Waals surface area contributed by atoms with Crippen LogP contribution in [-0.4, -0.2) is 33.1 Å². The molecule has 1 atom stereocenters. The van der Waals surface area contributed by atoms with Gasteiger partial charge in [-0.2, -0.15) is 0 Å². The number of fused-ring (bicyclic) bond motifs is 4. The first-order valence-corrected chi connectivity index (χ1v) is 10.5. The maximum Gasteiger partial charge on any atom is 0.253 e. The highest BCUT2D eigenvalue weighted by atomic mass is 16.7. The molecule has 0 spiro atoms. The number of hydrogen-bond donors (Lipinski definition) is 1. The third-order valence-corrected chi connectivity index (χ3v) is 5.76. The Bertz CT molecular complexity index is 1380. The standard InChI is InChI=1S/C24H19N5O4/c30-22(26-15-8-9-20-21(11-15)33-14-32-20)12-19-23(31)28(13-16-5-3-4-10-25-16)24-27-17-6-1-2-7-18(17)29(19)24/h1-11,19H,12-14H2,(H,26,30)/t19-/m0/s1. The summed E-state index contributed by atoms with van der Waals surface area (Å²) in [6, 6.07) is 17.7. The minimum atomic E-state index is -0.704. The number of hydrogen-bond acceptors (Lipinski definition) is 6. The molecule has 2 aromatic heterocycles. The van der Waals surface area contributed by atoms with Gasteiger partial charge in [0.05, 0.1) is 29.7 Å². The predicted octanol–water partition coefficient (Wildman–Crippen LogP) is 3.28. The molecule has 6 rings (SSSR count). The first-order valence-electron chi connectivity index (χ1n) is 10.5. The van der Waals surface area contributed by atoms with Crippen molar-refractivity contribution in [2.24, 2.45) is 0 Å². The second-order valence-corrected chi connectivity index (χ2v) is 7.85. The van der Waals surface area contributed by atoms with Crippen molar-refractivity contribution in [2.75, 3.05) is 17.0 Å². The van der Waals surface area contributed by atoms with Gasteiger partial charge in [0, 0.05) is 18.0 Å². The van der Waals surface area contributed by atoms with Crippen LogP contribution in [0.5, 0.6) is 11.5 Å². The smallest absolute Gasteiger partial charge is 0.253 e. The van der Waals surface area contributed by atoms with Gasteiger partial charge in [-0.05, 0) is 36.4 Å². The van der Waals surface area contributed by atoms with Crippen molar-refractivity contribution < 1.29 is 19.1 Å². The normalized spacial score (nSPS) is 16.3. The summed E-state index contributed by atoms with van der Waals surface area (Å²) in [5, 5.41) is 2.86. The molecule has 9 nitrogen and oxygen atoms in total. The number of imidazole rings is 1. The van der Waals surface area contributed by atoms with E-state index in [1.54, 1.807) is 29.3 Å². The molecular formula is C24H19N5O4. The minimum absolute atomic E-state index is 0.0284.